The molecular weight excluding hydrogens is 390 g/mol. The molecule has 0 saturated heterocycles. The Morgan fingerprint density at radius 3 is 2.06 bits per heavy atom. The van der Waals surface area contributed by atoms with Crippen LogP contribution in [0.25, 0.3) is 11.1 Å². The molecule has 0 bridgehead atoms. The van der Waals surface area contributed by atoms with E-state index in [4.69, 9.17) is 4.74 Å². The van der Waals surface area contributed by atoms with Gasteiger partial charge in [0.05, 0.1) is 0 Å². The molecule has 3 amide bonds. The summed E-state index contributed by atoms with van der Waals surface area (Å²) in [5, 5.41) is 8.09. The zero-order valence-electron chi connectivity index (χ0n) is 17.3. The summed E-state index contributed by atoms with van der Waals surface area (Å²) in [5.41, 5.74) is 5.66. The number of hydrogen-bond donors (Lipinski definition) is 3. The van der Waals surface area contributed by atoms with Crippen LogP contribution in [0.15, 0.2) is 78.9 Å². The number of fused-ring (bicyclic) bond motifs is 3. The van der Waals surface area contributed by atoms with Gasteiger partial charge in [-0.05, 0) is 34.7 Å². The van der Waals surface area contributed by atoms with Gasteiger partial charge in [-0.3, -0.25) is 0 Å². The Kier molecular flexibility index (Phi) is 6.17. The zero-order valence-corrected chi connectivity index (χ0v) is 17.3. The van der Waals surface area contributed by atoms with Crippen LogP contribution in [0, 0.1) is 0 Å². The standard InChI is InChI=1S/C25H25N3O3/c1-17(27-24(29)26-15-18-9-3-2-4-10-18)28-25(30)31-16-23-21-13-7-5-11-19(21)20-12-6-8-14-22(20)23/h2-14,17,23H,15-16H2,1H3,(H,28,30)(H2,26,27,29)/t17-/m0/s1. The van der Waals surface area contributed by atoms with Crippen LogP contribution in [-0.2, 0) is 11.3 Å². The van der Waals surface area contributed by atoms with Crippen LogP contribution in [0.4, 0.5) is 9.59 Å². The number of urea groups is 1. The fraction of sp³-hybridized carbons (Fsp3) is 0.200. The van der Waals surface area contributed by atoms with Crippen LogP contribution < -0.4 is 16.0 Å². The molecule has 1 aliphatic rings. The predicted molar refractivity (Wildman–Crippen MR) is 119 cm³/mol. The first-order valence-electron chi connectivity index (χ1n) is 10.3. The third kappa shape index (κ3) is 4.86. The molecule has 31 heavy (non-hydrogen) atoms. The molecule has 6 heteroatoms. The highest BCUT2D eigenvalue weighted by Gasteiger charge is 2.29. The van der Waals surface area contributed by atoms with E-state index in [1.165, 1.54) is 11.1 Å². The van der Waals surface area contributed by atoms with Gasteiger partial charge in [-0.2, -0.15) is 0 Å². The van der Waals surface area contributed by atoms with Gasteiger partial charge in [-0.15, -0.1) is 0 Å². The topological polar surface area (TPSA) is 79.5 Å². The van der Waals surface area contributed by atoms with Crippen LogP contribution in [0.2, 0.25) is 0 Å². The lowest BCUT2D eigenvalue weighted by Gasteiger charge is -2.18. The van der Waals surface area contributed by atoms with Crippen LogP contribution in [0.5, 0.6) is 0 Å². The van der Waals surface area contributed by atoms with E-state index in [9.17, 15) is 9.59 Å². The maximum absolute atomic E-state index is 12.3. The SMILES string of the molecule is C[C@@H](NC(=O)NCc1ccccc1)NC(=O)OCC1c2ccccc2-c2ccccc21. The Hall–Kier alpha value is -3.80. The van der Waals surface area contributed by atoms with Gasteiger partial charge in [-0.1, -0.05) is 78.9 Å². The molecule has 0 radical (unpaired) electrons. The first kappa shape index (κ1) is 20.5. The van der Waals surface area contributed by atoms with Crippen LogP contribution in [0.3, 0.4) is 0 Å². The Morgan fingerprint density at radius 2 is 1.42 bits per heavy atom. The lowest BCUT2D eigenvalue weighted by atomic mass is 9.98. The molecule has 3 N–H and O–H groups in total. The fourth-order valence-corrected chi connectivity index (χ4v) is 3.88. The van der Waals surface area contributed by atoms with Crippen LogP contribution in [-0.4, -0.2) is 24.9 Å². The minimum Gasteiger partial charge on any atom is -0.449 e. The first-order chi connectivity index (χ1) is 15.1. The van der Waals surface area contributed by atoms with Gasteiger partial charge < -0.3 is 20.7 Å². The van der Waals surface area contributed by atoms with E-state index in [0.717, 1.165) is 16.7 Å². The van der Waals surface area contributed by atoms with Gasteiger partial charge in [0.15, 0.2) is 0 Å². The van der Waals surface area contributed by atoms with Crippen molar-refractivity contribution in [2.24, 2.45) is 0 Å². The Morgan fingerprint density at radius 1 is 0.839 bits per heavy atom. The van der Waals surface area contributed by atoms with Crippen molar-refractivity contribution in [1.29, 1.82) is 0 Å². The van der Waals surface area contributed by atoms with Gasteiger partial charge in [-0.25, -0.2) is 9.59 Å². The molecule has 0 aromatic heterocycles. The van der Waals surface area contributed by atoms with Crippen molar-refractivity contribution >= 4 is 12.1 Å². The second kappa shape index (κ2) is 9.34. The molecule has 0 aliphatic heterocycles. The molecule has 1 atom stereocenters. The highest BCUT2D eigenvalue weighted by molar-refractivity contribution is 5.79. The Labute approximate surface area is 181 Å². The number of carbonyl (C=O) groups is 2. The highest BCUT2D eigenvalue weighted by atomic mass is 16.5. The smallest absolute Gasteiger partial charge is 0.408 e. The predicted octanol–water partition coefficient (Wildman–Crippen LogP) is 4.37. The molecule has 6 nitrogen and oxygen atoms in total. The largest absolute Gasteiger partial charge is 0.449 e. The number of hydrogen-bond acceptors (Lipinski definition) is 3. The van der Waals surface area contributed by atoms with Crippen molar-refractivity contribution in [2.45, 2.75) is 25.6 Å². The lowest BCUT2D eigenvalue weighted by molar-refractivity contribution is 0.138. The number of amides is 3. The van der Waals surface area contributed by atoms with Crippen molar-refractivity contribution < 1.29 is 14.3 Å². The summed E-state index contributed by atoms with van der Waals surface area (Å²) in [7, 11) is 0. The number of rotatable bonds is 6. The molecule has 158 valence electrons. The van der Waals surface area contributed by atoms with E-state index in [1.807, 2.05) is 54.6 Å². The van der Waals surface area contributed by atoms with Crippen LogP contribution >= 0.6 is 0 Å². The van der Waals surface area contributed by atoms with Crippen molar-refractivity contribution in [3.8, 4) is 11.1 Å². The van der Waals surface area contributed by atoms with E-state index in [2.05, 4.69) is 40.2 Å². The summed E-state index contributed by atoms with van der Waals surface area (Å²) in [6.45, 7) is 2.32. The highest BCUT2D eigenvalue weighted by Crippen LogP contribution is 2.44. The molecule has 4 rings (SSSR count). The number of nitrogens with one attached hydrogen (secondary N) is 3. The number of ether oxygens (including phenoxy) is 1. The lowest BCUT2D eigenvalue weighted by Crippen LogP contribution is -2.49. The van der Waals surface area contributed by atoms with E-state index >= 15 is 0 Å². The van der Waals surface area contributed by atoms with E-state index in [-0.39, 0.29) is 18.6 Å². The summed E-state index contributed by atoms with van der Waals surface area (Å²) in [4.78, 5) is 24.3. The molecule has 0 spiro atoms. The second-order valence-corrected chi connectivity index (χ2v) is 7.50. The van der Waals surface area contributed by atoms with Crippen molar-refractivity contribution in [2.75, 3.05) is 6.61 Å². The third-order valence-corrected chi connectivity index (χ3v) is 5.32. The van der Waals surface area contributed by atoms with E-state index < -0.39 is 12.3 Å². The van der Waals surface area contributed by atoms with Crippen LogP contribution in [0.1, 0.15) is 29.5 Å². The quantitative estimate of drug-likeness (QED) is 0.523. The average Bonchev–Trinajstić information content (AvgIpc) is 3.11. The molecular formula is C25H25N3O3. The van der Waals surface area contributed by atoms with E-state index in [0.29, 0.717) is 6.54 Å². The maximum Gasteiger partial charge on any atom is 0.408 e. The zero-order chi connectivity index (χ0) is 21.6. The molecule has 1 aliphatic carbocycles. The Balaban J connectivity index is 1.27. The third-order valence-electron chi connectivity index (χ3n) is 5.32. The van der Waals surface area contributed by atoms with Crippen molar-refractivity contribution in [1.82, 2.24) is 16.0 Å². The van der Waals surface area contributed by atoms with Crippen molar-refractivity contribution in [3.05, 3.63) is 95.6 Å². The number of benzene rings is 3. The summed E-state index contributed by atoms with van der Waals surface area (Å²) < 4.78 is 5.50. The maximum atomic E-state index is 12.3. The van der Waals surface area contributed by atoms with E-state index in [1.54, 1.807) is 6.92 Å². The molecule has 3 aromatic carbocycles. The first-order valence-corrected chi connectivity index (χ1v) is 10.3. The minimum absolute atomic E-state index is 0.00409. The molecule has 3 aromatic rings. The second-order valence-electron chi connectivity index (χ2n) is 7.50. The Bertz CT molecular complexity index is 1020. The van der Waals surface area contributed by atoms with Gasteiger partial charge in [0.2, 0.25) is 0 Å². The summed E-state index contributed by atoms with van der Waals surface area (Å²) >= 11 is 0. The summed E-state index contributed by atoms with van der Waals surface area (Å²) in [5.74, 6) is -0.00409. The summed E-state index contributed by atoms with van der Waals surface area (Å²) in [6, 6.07) is 25.6. The normalized spacial score (nSPS) is 12.9. The fourth-order valence-electron chi connectivity index (χ4n) is 3.88. The minimum atomic E-state index is -0.577. The van der Waals surface area contributed by atoms with Gasteiger partial charge >= 0.3 is 12.1 Å². The van der Waals surface area contributed by atoms with Gasteiger partial charge in [0.25, 0.3) is 0 Å². The number of alkyl carbamates (subject to hydrolysis) is 1. The molecule has 0 saturated carbocycles. The van der Waals surface area contributed by atoms with Gasteiger partial charge in [0.1, 0.15) is 12.8 Å². The monoisotopic (exact) mass is 415 g/mol. The number of carbonyl (C=O) groups excluding carboxylic acids is 2. The van der Waals surface area contributed by atoms with Gasteiger partial charge in [0, 0.05) is 12.5 Å². The molecule has 0 unspecified atom stereocenters. The van der Waals surface area contributed by atoms with Crippen molar-refractivity contribution in [3.63, 3.8) is 0 Å². The summed E-state index contributed by atoms with van der Waals surface area (Å²) in [6.07, 6.45) is -1.15. The average molecular weight is 415 g/mol. The molecule has 0 fully saturated rings. The molecule has 0 heterocycles.